The summed E-state index contributed by atoms with van der Waals surface area (Å²) in [6.45, 7) is 0. The van der Waals surface area contributed by atoms with Crippen LogP contribution >= 0.6 is 11.6 Å². The van der Waals surface area contributed by atoms with Gasteiger partial charge in [0.25, 0.3) is 5.91 Å². The van der Waals surface area contributed by atoms with Crippen LogP contribution in [-0.4, -0.2) is 23.0 Å². The molecule has 98 valence electrons. The number of amides is 1. The predicted molar refractivity (Wildman–Crippen MR) is 67.9 cm³/mol. The summed E-state index contributed by atoms with van der Waals surface area (Å²) < 4.78 is 18.6. The smallest absolute Gasteiger partial charge is 0.263 e. The summed E-state index contributed by atoms with van der Waals surface area (Å²) in [6, 6.07) is 4.11. The maximum absolute atomic E-state index is 13.7. The minimum atomic E-state index is -0.682. The molecular formula is C12H9ClFN3O2. The fourth-order valence-corrected chi connectivity index (χ4v) is 1.55. The Bertz CT molecular complexity index is 604. The molecule has 0 saturated heterocycles. The number of ether oxygens (including phenoxy) is 1. The zero-order valence-corrected chi connectivity index (χ0v) is 10.6. The molecule has 0 fully saturated rings. The molecule has 0 bridgehead atoms. The van der Waals surface area contributed by atoms with E-state index in [-0.39, 0.29) is 22.3 Å². The lowest BCUT2D eigenvalue weighted by molar-refractivity contribution is 0.101. The number of nitrogens with one attached hydrogen (secondary N) is 1. The topological polar surface area (TPSA) is 64.1 Å². The van der Waals surface area contributed by atoms with Crippen LogP contribution in [0.2, 0.25) is 5.15 Å². The van der Waals surface area contributed by atoms with Gasteiger partial charge in [-0.2, -0.15) is 0 Å². The first-order chi connectivity index (χ1) is 9.11. The molecule has 7 heteroatoms. The SMILES string of the molecule is COc1cccc(F)c1C(=O)Nc1cnc(Cl)cn1. The van der Waals surface area contributed by atoms with Gasteiger partial charge in [-0.3, -0.25) is 4.79 Å². The third kappa shape index (κ3) is 2.97. The van der Waals surface area contributed by atoms with Gasteiger partial charge in [-0.05, 0) is 12.1 Å². The molecular weight excluding hydrogens is 273 g/mol. The molecule has 0 aliphatic rings. The van der Waals surface area contributed by atoms with Gasteiger partial charge in [0.2, 0.25) is 0 Å². The summed E-state index contributed by atoms with van der Waals surface area (Å²) >= 11 is 5.57. The average molecular weight is 282 g/mol. The molecule has 1 aromatic heterocycles. The zero-order chi connectivity index (χ0) is 13.8. The van der Waals surface area contributed by atoms with E-state index in [1.54, 1.807) is 0 Å². The molecule has 0 aliphatic heterocycles. The summed E-state index contributed by atoms with van der Waals surface area (Å²) in [6.07, 6.45) is 2.54. The monoisotopic (exact) mass is 281 g/mol. The van der Waals surface area contributed by atoms with E-state index < -0.39 is 11.7 Å². The second kappa shape index (κ2) is 5.62. The summed E-state index contributed by atoms with van der Waals surface area (Å²) in [5.41, 5.74) is -0.193. The van der Waals surface area contributed by atoms with Crippen molar-refractivity contribution in [2.24, 2.45) is 0 Å². The molecule has 0 saturated carbocycles. The summed E-state index contributed by atoms with van der Waals surface area (Å²) in [5, 5.41) is 2.61. The lowest BCUT2D eigenvalue weighted by atomic mass is 10.1. The Morgan fingerprint density at radius 1 is 1.37 bits per heavy atom. The van der Waals surface area contributed by atoms with E-state index in [2.05, 4.69) is 15.3 Å². The van der Waals surface area contributed by atoms with Crippen molar-refractivity contribution in [1.29, 1.82) is 0 Å². The van der Waals surface area contributed by atoms with Crippen LogP contribution in [0.15, 0.2) is 30.6 Å². The van der Waals surface area contributed by atoms with E-state index >= 15 is 0 Å². The minimum Gasteiger partial charge on any atom is -0.496 e. The zero-order valence-electron chi connectivity index (χ0n) is 9.85. The first kappa shape index (κ1) is 13.2. The highest BCUT2D eigenvalue weighted by atomic mass is 35.5. The van der Waals surface area contributed by atoms with Gasteiger partial charge in [0.15, 0.2) is 5.82 Å². The highest BCUT2D eigenvalue weighted by Crippen LogP contribution is 2.22. The van der Waals surface area contributed by atoms with Gasteiger partial charge in [0.05, 0.1) is 19.5 Å². The van der Waals surface area contributed by atoms with Crippen LogP contribution in [-0.2, 0) is 0 Å². The number of anilines is 1. The van der Waals surface area contributed by atoms with Gasteiger partial charge in [0, 0.05) is 0 Å². The van der Waals surface area contributed by atoms with Crippen LogP contribution in [0.3, 0.4) is 0 Å². The standard InChI is InChI=1S/C12H9ClFN3O2/c1-19-8-4-2-3-7(14)11(8)12(18)17-10-6-15-9(13)5-16-10/h2-6H,1H3,(H,16,17,18). The number of carbonyl (C=O) groups is 1. The Kier molecular flexibility index (Phi) is 3.91. The summed E-state index contributed by atoms with van der Waals surface area (Å²) in [4.78, 5) is 19.6. The number of aromatic nitrogens is 2. The van der Waals surface area contributed by atoms with E-state index in [9.17, 15) is 9.18 Å². The maximum Gasteiger partial charge on any atom is 0.263 e. The molecule has 1 amide bonds. The van der Waals surface area contributed by atoms with Crippen molar-refractivity contribution in [3.05, 3.63) is 47.1 Å². The predicted octanol–water partition coefficient (Wildman–Crippen LogP) is 2.53. The third-order valence-electron chi connectivity index (χ3n) is 2.28. The second-order valence-electron chi connectivity index (χ2n) is 3.50. The molecule has 1 N–H and O–H groups in total. The highest BCUT2D eigenvalue weighted by Gasteiger charge is 2.18. The fraction of sp³-hybridized carbons (Fsp3) is 0.0833. The number of carbonyl (C=O) groups excluding carboxylic acids is 1. The van der Waals surface area contributed by atoms with E-state index in [0.717, 1.165) is 0 Å². The lowest BCUT2D eigenvalue weighted by Crippen LogP contribution is -2.16. The first-order valence-electron chi connectivity index (χ1n) is 5.23. The molecule has 0 radical (unpaired) electrons. The van der Waals surface area contributed by atoms with Crippen LogP contribution in [0.5, 0.6) is 5.75 Å². The number of methoxy groups -OCH3 is 1. The Labute approximate surface area is 113 Å². The van der Waals surface area contributed by atoms with Crippen LogP contribution in [0.1, 0.15) is 10.4 Å². The molecule has 19 heavy (non-hydrogen) atoms. The van der Waals surface area contributed by atoms with Crippen molar-refractivity contribution in [2.45, 2.75) is 0 Å². The molecule has 0 atom stereocenters. The lowest BCUT2D eigenvalue weighted by Gasteiger charge is -2.09. The van der Waals surface area contributed by atoms with Gasteiger partial charge in [-0.1, -0.05) is 17.7 Å². The molecule has 1 aromatic carbocycles. The molecule has 0 spiro atoms. The number of rotatable bonds is 3. The normalized spacial score (nSPS) is 10.1. The quantitative estimate of drug-likeness (QED) is 0.939. The highest BCUT2D eigenvalue weighted by molar-refractivity contribution is 6.29. The third-order valence-corrected chi connectivity index (χ3v) is 2.48. The number of nitrogens with zero attached hydrogens (tertiary/aromatic N) is 2. The molecule has 2 rings (SSSR count). The summed E-state index contributed by atoms with van der Waals surface area (Å²) in [7, 11) is 1.35. The van der Waals surface area contributed by atoms with Crippen molar-refractivity contribution in [3.8, 4) is 5.75 Å². The molecule has 5 nitrogen and oxygen atoms in total. The minimum absolute atomic E-state index is 0.138. The Hall–Kier alpha value is -2.21. The molecule has 2 aromatic rings. The van der Waals surface area contributed by atoms with E-state index in [1.165, 1.54) is 37.7 Å². The number of hydrogen-bond acceptors (Lipinski definition) is 4. The fourth-order valence-electron chi connectivity index (χ4n) is 1.45. The van der Waals surface area contributed by atoms with Crippen LogP contribution in [0, 0.1) is 5.82 Å². The maximum atomic E-state index is 13.7. The van der Waals surface area contributed by atoms with Gasteiger partial charge in [-0.15, -0.1) is 0 Å². The first-order valence-corrected chi connectivity index (χ1v) is 5.61. The molecule has 0 unspecified atom stereocenters. The van der Waals surface area contributed by atoms with Crippen molar-refractivity contribution in [2.75, 3.05) is 12.4 Å². The van der Waals surface area contributed by atoms with Gasteiger partial charge >= 0.3 is 0 Å². The van der Waals surface area contributed by atoms with Crippen molar-refractivity contribution >= 4 is 23.3 Å². The molecule has 1 heterocycles. The van der Waals surface area contributed by atoms with Crippen LogP contribution in [0.4, 0.5) is 10.2 Å². The van der Waals surface area contributed by atoms with Gasteiger partial charge in [0.1, 0.15) is 22.3 Å². The second-order valence-corrected chi connectivity index (χ2v) is 3.88. The Morgan fingerprint density at radius 3 is 2.79 bits per heavy atom. The number of hydrogen-bond donors (Lipinski definition) is 1. The van der Waals surface area contributed by atoms with E-state index in [4.69, 9.17) is 16.3 Å². The summed E-state index contributed by atoms with van der Waals surface area (Å²) in [5.74, 6) is -1.05. The van der Waals surface area contributed by atoms with Crippen LogP contribution < -0.4 is 10.1 Å². The number of benzene rings is 1. The number of halogens is 2. The van der Waals surface area contributed by atoms with Gasteiger partial charge < -0.3 is 10.1 Å². The van der Waals surface area contributed by atoms with E-state index in [1.807, 2.05) is 0 Å². The van der Waals surface area contributed by atoms with Crippen LogP contribution in [0.25, 0.3) is 0 Å². The Morgan fingerprint density at radius 2 is 2.16 bits per heavy atom. The van der Waals surface area contributed by atoms with Crippen molar-refractivity contribution in [3.63, 3.8) is 0 Å². The molecule has 0 aliphatic carbocycles. The van der Waals surface area contributed by atoms with Crippen molar-refractivity contribution in [1.82, 2.24) is 9.97 Å². The Balaban J connectivity index is 2.27. The van der Waals surface area contributed by atoms with Gasteiger partial charge in [-0.25, -0.2) is 14.4 Å². The van der Waals surface area contributed by atoms with E-state index in [0.29, 0.717) is 0 Å². The average Bonchev–Trinajstić information content (AvgIpc) is 2.40. The van der Waals surface area contributed by atoms with Crippen molar-refractivity contribution < 1.29 is 13.9 Å². The largest absolute Gasteiger partial charge is 0.496 e.